The highest BCUT2D eigenvalue weighted by molar-refractivity contribution is 9.10. The third kappa shape index (κ3) is 4.79. The van der Waals surface area contributed by atoms with Gasteiger partial charge in [-0.2, -0.15) is 0 Å². The average molecular weight is 354 g/mol. The number of ether oxygens (including phenoxy) is 1. The number of carbonyl (C=O) groups is 1. The van der Waals surface area contributed by atoms with Gasteiger partial charge in [-0.3, -0.25) is 4.79 Å². The highest BCUT2D eigenvalue weighted by atomic mass is 79.9. The van der Waals surface area contributed by atoms with Crippen LogP contribution in [0.15, 0.2) is 18.2 Å². The van der Waals surface area contributed by atoms with Crippen LogP contribution in [0.1, 0.15) is 26.3 Å². The normalized spacial score (nSPS) is 13.2. The standard InChI is InChI=1S/C13H15BrCl2O2/c1-8(14)12(17)18-13(2,3)7-9-4-5-10(15)11(16)6-9/h4-6,8H,7H2,1-3H3. The summed E-state index contributed by atoms with van der Waals surface area (Å²) in [5.74, 6) is -0.278. The van der Waals surface area contributed by atoms with Gasteiger partial charge in [-0.05, 0) is 38.5 Å². The summed E-state index contributed by atoms with van der Waals surface area (Å²) in [6, 6.07) is 5.41. The van der Waals surface area contributed by atoms with Crippen molar-refractivity contribution in [2.45, 2.75) is 37.6 Å². The molecule has 1 unspecified atom stereocenters. The van der Waals surface area contributed by atoms with Crippen molar-refractivity contribution in [3.8, 4) is 0 Å². The SMILES string of the molecule is CC(Br)C(=O)OC(C)(C)Cc1ccc(Cl)c(Cl)c1. The van der Waals surface area contributed by atoms with E-state index in [9.17, 15) is 4.79 Å². The van der Waals surface area contributed by atoms with Crippen LogP contribution in [0.2, 0.25) is 10.0 Å². The highest BCUT2D eigenvalue weighted by Gasteiger charge is 2.25. The van der Waals surface area contributed by atoms with Gasteiger partial charge in [0, 0.05) is 6.42 Å². The second-order valence-electron chi connectivity index (χ2n) is 4.72. The van der Waals surface area contributed by atoms with Crippen molar-refractivity contribution in [3.05, 3.63) is 33.8 Å². The number of hydrogen-bond donors (Lipinski definition) is 0. The van der Waals surface area contributed by atoms with Crippen LogP contribution < -0.4 is 0 Å². The van der Waals surface area contributed by atoms with Crippen LogP contribution in [0.4, 0.5) is 0 Å². The van der Waals surface area contributed by atoms with Crippen LogP contribution in [0.25, 0.3) is 0 Å². The van der Waals surface area contributed by atoms with Crippen LogP contribution >= 0.6 is 39.1 Å². The average Bonchev–Trinajstić information content (AvgIpc) is 2.22. The highest BCUT2D eigenvalue weighted by Crippen LogP contribution is 2.26. The first kappa shape index (κ1) is 15.8. The van der Waals surface area contributed by atoms with E-state index in [0.29, 0.717) is 16.5 Å². The number of benzene rings is 1. The van der Waals surface area contributed by atoms with E-state index in [1.165, 1.54) is 0 Å². The molecule has 2 nitrogen and oxygen atoms in total. The van der Waals surface area contributed by atoms with Crippen LogP contribution in [-0.4, -0.2) is 16.4 Å². The Kier molecular flexibility index (Phi) is 5.50. The molecular formula is C13H15BrCl2O2. The van der Waals surface area contributed by atoms with E-state index in [-0.39, 0.29) is 10.8 Å². The van der Waals surface area contributed by atoms with Crippen molar-refractivity contribution >= 4 is 45.1 Å². The first-order chi connectivity index (χ1) is 8.21. The van der Waals surface area contributed by atoms with Gasteiger partial charge < -0.3 is 4.74 Å². The van der Waals surface area contributed by atoms with Gasteiger partial charge in [-0.1, -0.05) is 45.2 Å². The van der Waals surface area contributed by atoms with Crippen molar-refractivity contribution in [2.75, 3.05) is 0 Å². The fourth-order valence-corrected chi connectivity index (χ4v) is 1.94. The van der Waals surface area contributed by atoms with E-state index in [4.69, 9.17) is 27.9 Å². The fraction of sp³-hybridized carbons (Fsp3) is 0.462. The Labute approximate surface area is 126 Å². The molecule has 0 amide bonds. The molecule has 0 radical (unpaired) electrons. The summed E-state index contributed by atoms with van der Waals surface area (Å²) in [6.07, 6.45) is 0.579. The molecule has 0 aromatic heterocycles. The smallest absolute Gasteiger partial charge is 0.319 e. The van der Waals surface area contributed by atoms with Crippen molar-refractivity contribution in [3.63, 3.8) is 0 Å². The number of hydrogen-bond acceptors (Lipinski definition) is 2. The summed E-state index contributed by atoms with van der Waals surface area (Å²) in [5.41, 5.74) is 0.389. The van der Waals surface area contributed by atoms with Crippen LogP contribution in [-0.2, 0) is 16.0 Å². The van der Waals surface area contributed by atoms with Crippen LogP contribution in [0.5, 0.6) is 0 Å². The lowest BCUT2D eigenvalue weighted by molar-refractivity contribution is -0.155. The predicted octanol–water partition coefficient (Wildman–Crippen LogP) is 4.64. The first-order valence-corrected chi connectivity index (χ1v) is 7.19. The lowest BCUT2D eigenvalue weighted by Crippen LogP contribution is -2.33. The molecule has 0 spiro atoms. The van der Waals surface area contributed by atoms with Gasteiger partial charge in [-0.15, -0.1) is 0 Å². The molecular weight excluding hydrogens is 339 g/mol. The van der Waals surface area contributed by atoms with Gasteiger partial charge in [0.05, 0.1) is 10.0 Å². The van der Waals surface area contributed by atoms with Crippen LogP contribution in [0, 0.1) is 0 Å². The molecule has 0 saturated carbocycles. The molecule has 0 N–H and O–H groups in total. The molecule has 1 aromatic rings. The van der Waals surface area contributed by atoms with Gasteiger partial charge in [-0.25, -0.2) is 0 Å². The zero-order valence-electron chi connectivity index (χ0n) is 10.5. The number of rotatable bonds is 4. The van der Waals surface area contributed by atoms with Crippen LogP contribution in [0.3, 0.4) is 0 Å². The molecule has 0 saturated heterocycles. The zero-order chi connectivity index (χ0) is 13.9. The Bertz CT molecular complexity index is 445. The van der Waals surface area contributed by atoms with Crippen molar-refractivity contribution in [2.24, 2.45) is 0 Å². The molecule has 18 heavy (non-hydrogen) atoms. The maximum Gasteiger partial charge on any atom is 0.319 e. The molecule has 5 heteroatoms. The molecule has 0 fully saturated rings. The summed E-state index contributed by atoms with van der Waals surface area (Å²) in [7, 11) is 0. The molecule has 1 aromatic carbocycles. The monoisotopic (exact) mass is 352 g/mol. The van der Waals surface area contributed by atoms with E-state index >= 15 is 0 Å². The largest absolute Gasteiger partial charge is 0.458 e. The molecule has 0 heterocycles. The summed E-state index contributed by atoms with van der Waals surface area (Å²) in [5, 5.41) is 1.02. The van der Waals surface area contributed by atoms with E-state index in [1.807, 2.05) is 19.9 Å². The Balaban J connectivity index is 2.75. The Morgan fingerprint density at radius 1 is 1.39 bits per heavy atom. The number of carbonyl (C=O) groups excluding carboxylic acids is 1. The second kappa shape index (κ2) is 6.27. The Hall–Kier alpha value is -0.250. The van der Waals surface area contributed by atoms with E-state index in [2.05, 4.69) is 15.9 Å². The third-order valence-electron chi connectivity index (χ3n) is 2.32. The Morgan fingerprint density at radius 3 is 2.50 bits per heavy atom. The van der Waals surface area contributed by atoms with E-state index < -0.39 is 5.60 Å². The van der Waals surface area contributed by atoms with Gasteiger partial charge >= 0.3 is 5.97 Å². The molecule has 1 rings (SSSR count). The summed E-state index contributed by atoms with van der Waals surface area (Å²) >= 11 is 15.0. The summed E-state index contributed by atoms with van der Waals surface area (Å²) in [4.78, 5) is 11.2. The van der Waals surface area contributed by atoms with E-state index in [1.54, 1.807) is 19.1 Å². The van der Waals surface area contributed by atoms with Gasteiger partial charge in [0.2, 0.25) is 0 Å². The topological polar surface area (TPSA) is 26.3 Å². The molecule has 100 valence electrons. The van der Waals surface area contributed by atoms with Crippen molar-refractivity contribution in [1.29, 1.82) is 0 Å². The molecule has 0 aliphatic rings. The number of halogens is 3. The summed E-state index contributed by atoms with van der Waals surface area (Å²) in [6.45, 7) is 5.46. The lowest BCUT2D eigenvalue weighted by Gasteiger charge is -2.26. The predicted molar refractivity (Wildman–Crippen MR) is 78.7 cm³/mol. The minimum Gasteiger partial charge on any atom is -0.458 e. The van der Waals surface area contributed by atoms with Gasteiger partial charge in [0.25, 0.3) is 0 Å². The fourth-order valence-electron chi connectivity index (χ4n) is 1.53. The van der Waals surface area contributed by atoms with Crippen molar-refractivity contribution < 1.29 is 9.53 Å². The number of esters is 1. The van der Waals surface area contributed by atoms with Gasteiger partial charge in [0.1, 0.15) is 10.4 Å². The van der Waals surface area contributed by atoms with Gasteiger partial charge in [0.15, 0.2) is 0 Å². The number of alkyl halides is 1. The molecule has 0 aliphatic carbocycles. The summed E-state index contributed by atoms with van der Waals surface area (Å²) < 4.78 is 5.41. The maximum absolute atomic E-state index is 11.6. The molecule has 0 bridgehead atoms. The zero-order valence-corrected chi connectivity index (χ0v) is 13.6. The first-order valence-electron chi connectivity index (χ1n) is 5.52. The second-order valence-corrected chi connectivity index (χ2v) is 6.91. The lowest BCUT2D eigenvalue weighted by atomic mass is 9.98. The van der Waals surface area contributed by atoms with Crippen molar-refractivity contribution in [1.82, 2.24) is 0 Å². The minimum absolute atomic E-state index is 0.278. The molecule has 1 atom stereocenters. The quantitative estimate of drug-likeness (QED) is 0.582. The molecule has 0 aliphatic heterocycles. The minimum atomic E-state index is -0.587. The maximum atomic E-state index is 11.6. The Morgan fingerprint density at radius 2 is 2.00 bits per heavy atom. The third-order valence-corrected chi connectivity index (χ3v) is 3.43. The van der Waals surface area contributed by atoms with E-state index in [0.717, 1.165) is 5.56 Å².